The van der Waals surface area contributed by atoms with Gasteiger partial charge in [0.05, 0.1) is 5.56 Å². The van der Waals surface area contributed by atoms with E-state index in [-0.39, 0.29) is 18.1 Å². The summed E-state index contributed by atoms with van der Waals surface area (Å²) < 4.78 is 38.1. The molecular formula is C17H11F3N4O. The summed E-state index contributed by atoms with van der Waals surface area (Å²) in [5.41, 5.74) is 0.720. The molecule has 1 amide bonds. The number of pyridine rings is 1. The molecule has 25 heavy (non-hydrogen) atoms. The Morgan fingerprint density at radius 3 is 2.68 bits per heavy atom. The van der Waals surface area contributed by atoms with E-state index >= 15 is 0 Å². The average Bonchev–Trinajstić information content (AvgIpc) is 3.03. The maximum absolute atomic E-state index is 12.7. The van der Waals surface area contributed by atoms with Crippen LogP contribution in [0.4, 0.5) is 13.2 Å². The highest BCUT2D eigenvalue weighted by atomic mass is 19.4. The van der Waals surface area contributed by atoms with Crippen LogP contribution in [0.2, 0.25) is 0 Å². The minimum Gasteiger partial charge on any atom is -0.351 e. The zero-order valence-corrected chi connectivity index (χ0v) is 12.7. The minimum absolute atomic E-state index is 0.154. The van der Waals surface area contributed by atoms with Crippen molar-refractivity contribution in [3.8, 4) is 6.07 Å². The number of nitrogens with zero attached hydrogens (tertiary/aromatic N) is 2. The molecule has 0 unspecified atom stereocenters. The van der Waals surface area contributed by atoms with Crippen molar-refractivity contribution in [1.29, 1.82) is 5.26 Å². The van der Waals surface area contributed by atoms with E-state index in [2.05, 4.69) is 15.3 Å². The second kappa shape index (κ2) is 6.28. The van der Waals surface area contributed by atoms with Gasteiger partial charge in [-0.25, -0.2) is 4.98 Å². The highest BCUT2D eigenvalue weighted by molar-refractivity contribution is 5.94. The van der Waals surface area contributed by atoms with Crippen molar-refractivity contribution in [2.75, 3.05) is 0 Å². The zero-order valence-electron chi connectivity index (χ0n) is 12.7. The number of rotatable bonds is 3. The van der Waals surface area contributed by atoms with Crippen molar-refractivity contribution >= 4 is 16.8 Å². The van der Waals surface area contributed by atoms with Gasteiger partial charge in [0, 0.05) is 23.6 Å². The van der Waals surface area contributed by atoms with Crippen molar-refractivity contribution in [2.45, 2.75) is 12.7 Å². The lowest BCUT2D eigenvalue weighted by atomic mass is 10.1. The molecular weight excluding hydrogens is 333 g/mol. The van der Waals surface area contributed by atoms with Gasteiger partial charge in [0.25, 0.3) is 5.91 Å². The summed E-state index contributed by atoms with van der Waals surface area (Å²) in [6.45, 7) is 0.154. The van der Waals surface area contributed by atoms with E-state index in [0.717, 1.165) is 6.07 Å². The predicted octanol–water partition coefficient (Wildman–Crippen LogP) is 3.38. The summed E-state index contributed by atoms with van der Waals surface area (Å²) in [7, 11) is 0. The molecule has 0 aliphatic carbocycles. The Kier molecular flexibility index (Phi) is 4.15. The molecule has 8 heteroatoms. The van der Waals surface area contributed by atoms with Gasteiger partial charge in [-0.05, 0) is 35.9 Å². The second-order valence-electron chi connectivity index (χ2n) is 5.33. The van der Waals surface area contributed by atoms with Crippen molar-refractivity contribution in [2.24, 2.45) is 0 Å². The van der Waals surface area contributed by atoms with Crippen LogP contribution in [0.25, 0.3) is 10.9 Å². The molecule has 1 aromatic carbocycles. The number of halogens is 3. The molecule has 5 nitrogen and oxygen atoms in total. The number of aromatic nitrogens is 2. The molecule has 0 saturated carbocycles. The van der Waals surface area contributed by atoms with Crippen LogP contribution in [0.3, 0.4) is 0 Å². The Balaban J connectivity index is 1.72. The van der Waals surface area contributed by atoms with Crippen LogP contribution in [0, 0.1) is 11.3 Å². The number of carbonyl (C=O) groups is 1. The molecule has 0 atom stereocenters. The molecule has 2 heterocycles. The summed E-state index contributed by atoms with van der Waals surface area (Å²) in [6.07, 6.45) is -3.14. The fraction of sp³-hybridized carbons (Fsp3) is 0.118. The first kappa shape index (κ1) is 16.5. The van der Waals surface area contributed by atoms with E-state index in [4.69, 9.17) is 5.26 Å². The third-order valence-corrected chi connectivity index (χ3v) is 3.58. The number of benzene rings is 1. The Hall–Kier alpha value is -3.34. The third-order valence-electron chi connectivity index (χ3n) is 3.58. The Labute approximate surface area is 140 Å². The topological polar surface area (TPSA) is 81.6 Å². The summed E-state index contributed by atoms with van der Waals surface area (Å²) in [5, 5.41) is 11.7. The number of nitriles is 1. The van der Waals surface area contributed by atoms with Crippen molar-refractivity contribution in [3.63, 3.8) is 0 Å². The highest BCUT2D eigenvalue weighted by Gasteiger charge is 2.32. The van der Waals surface area contributed by atoms with Gasteiger partial charge in [-0.1, -0.05) is 6.07 Å². The number of hydrogen-bond acceptors (Lipinski definition) is 3. The standard InChI is InChI=1S/C17H11F3N4O/c18-17(19,20)15-6-12-5-10(1-4-14(12)24-15)8-23-16(25)11-2-3-13(7-21)22-9-11/h1-6,9,24H,8H2,(H,23,25). The summed E-state index contributed by atoms with van der Waals surface area (Å²) in [6, 6.07) is 10.5. The number of H-pyrrole nitrogens is 1. The van der Waals surface area contributed by atoms with Gasteiger partial charge in [0.1, 0.15) is 17.5 Å². The molecule has 2 N–H and O–H groups in total. The lowest BCUT2D eigenvalue weighted by molar-refractivity contribution is -0.140. The molecule has 2 aromatic heterocycles. The van der Waals surface area contributed by atoms with Gasteiger partial charge < -0.3 is 10.3 Å². The summed E-state index contributed by atoms with van der Waals surface area (Å²) in [4.78, 5) is 18.2. The quantitative estimate of drug-likeness (QED) is 0.764. The second-order valence-corrected chi connectivity index (χ2v) is 5.33. The van der Waals surface area contributed by atoms with Crippen LogP contribution in [0.1, 0.15) is 27.3 Å². The lowest BCUT2D eigenvalue weighted by Crippen LogP contribution is -2.22. The zero-order chi connectivity index (χ0) is 18.0. The number of carbonyl (C=O) groups excluding carboxylic acids is 1. The molecule has 0 saturated heterocycles. The van der Waals surface area contributed by atoms with Crippen LogP contribution in [-0.2, 0) is 12.7 Å². The fourth-order valence-electron chi connectivity index (χ4n) is 2.32. The first-order chi connectivity index (χ1) is 11.9. The minimum atomic E-state index is -4.43. The van der Waals surface area contributed by atoms with E-state index in [0.29, 0.717) is 22.0 Å². The van der Waals surface area contributed by atoms with E-state index in [1.807, 2.05) is 6.07 Å². The molecule has 0 aliphatic rings. The van der Waals surface area contributed by atoms with Crippen LogP contribution in [-0.4, -0.2) is 15.9 Å². The number of amides is 1. The number of fused-ring (bicyclic) bond motifs is 1. The molecule has 3 rings (SSSR count). The molecule has 0 aliphatic heterocycles. The predicted molar refractivity (Wildman–Crippen MR) is 83.4 cm³/mol. The summed E-state index contributed by atoms with van der Waals surface area (Å²) in [5.74, 6) is -0.387. The Morgan fingerprint density at radius 2 is 2.04 bits per heavy atom. The van der Waals surface area contributed by atoms with Gasteiger partial charge in [0.2, 0.25) is 0 Å². The van der Waals surface area contributed by atoms with E-state index < -0.39 is 11.9 Å². The Bertz CT molecular complexity index is 968. The van der Waals surface area contributed by atoms with Crippen molar-refractivity contribution < 1.29 is 18.0 Å². The lowest BCUT2D eigenvalue weighted by Gasteiger charge is -2.05. The average molecular weight is 344 g/mol. The van der Waals surface area contributed by atoms with E-state index in [1.165, 1.54) is 24.4 Å². The first-order valence-corrected chi connectivity index (χ1v) is 7.20. The first-order valence-electron chi connectivity index (χ1n) is 7.20. The maximum atomic E-state index is 12.7. The fourth-order valence-corrected chi connectivity index (χ4v) is 2.32. The number of hydrogen-bond donors (Lipinski definition) is 2. The third kappa shape index (κ3) is 3.61. The molecule has 0 bridgehead atoms. The van der Waals surface area contributed by atoms with Gasteiger partial charge in [-0.3, -0.25) is 4.79 Å². The van der Waals surface area contributed by atoms with Crippen LogP contribution in [0.5, 0.6) is 0 Å². The molecule has 3 aromatic rings. The molecule has 0 radical (unpaired) electrons. The van der Waals surface area contributed by atoms with E-state index in [9.17, 15) is 18.0 Å². The normalized spacial score (nSPS) is 11.3. The molecule has 0 fully saturated rings. The summed E-state index contributed by atoms with van der Waals surface area (Å²) >= 11 is 0. The van der Waals surface area contributed by atoms with Crippen LogP contribution in [0.15, 0.2) is 42.6 Å². The Morgan fingerprint density at radius 1 is 1.24 bits per heavy atom. The van der Waals surface area contributed by atoms with Gasteiger partial charge in [-0.2, -0.15) is 18.4 Å². The SMILES string of the molecule is N#Cc1ccc(C(=O)NCc2ccc3[nH]c(C(F)(F)F)cc3c2)cn1. The number of nitrogens with one attached hydrogen (secondary N) is 2. The van der Waals surface area contributed by atoms with Crippen molar-refractivity contribution in [3.05, 3.63) is 65.1 Å². The maximum Gasteiger partial charge on any atom is 0.431 e. The van der Waals surface area contributed by atoms with Gasteiger partial charge >= 0.3 is 6.18 Å². The van der Waals surface area contributed by atoms with Gasteiger partial charge in [-0.15, -0.1) is 0 Å². The number of aromatic amines is 1. The molecule has 126 valence electrons. The number of alkyl halides is 3. The van der Waals surface area contributed by atoms with Crippen molar-refractivity contribution in [1.82, 2.24) is 15.3 Å². The molecule has 0 spiro atoms. The monoisotopic (exact) mass is 344 g/mol. The van der Waals surface area contributed by atoms with E-state index in [1.54, 1.807) is 12.1 Å². The highest BCUT2D eigenvalue weighted by Crippen LogP contribution is 2.31. The largest absolute Gasteiger partial charge is 0.431 e. The van der Waals surface area contributed by atoms with Gasteiger partial charge in [0.15, 0.2) is 0 Å². The smallest absolute Gasteiger partial charge is 0.351 e. The van der Waals surface area contributed by atoms with Crippen LogP contribution < -0.4 is 5.32 Å². The van der Waals surface area contributed by atoms with Crippen LogP contribution >= 0.6 is 0 Å².